The number of amides is 2. The van der Waals surface area contributed by atoms with Crippen LogP contribution in [0, 0.1) is 19.7 Å². The number of carbonyl (C=O) groups is 1. The number of piperazine rings is 1. The molecule has 2 fully saturated rings. The summed E-state index contributed by atoms with van der Waals surface area (Å²) in [6.45, 7) is 7.63. The molecule has 186 valence electrons. The number of carbonyl (C=O) groups excluding carboxylic acids is 1. The Kier molecular flexibility index (Phi) is 7.95. The van der Waals surface area contributed by atoms with Gasteiger partial charge >= 0.3 is 6.03 Å². The van der Waals surface area contributed by atoms with Crippen LogP contribution in [-0.4, -0.2) is 58.8 Å². The van der Waals surface area contributed by atoms with Crippen molar-refractivity contribution < 1.29 is 18.0 Å². The molecule has 4 rings (SSSR count). The van der Waals surface area contributed by atoms with Crippen molar-refractivity contribution >= 4 is 24.3 Å². The van der Waals surface area contributed by atoms with E-state index in [2.05, 4.69) is 20.4 Å². The number of hydrogen-bond acceptors (Lipinski definition) is 4. The Labute approximate surface area is 204 Å². The second-order valence-electron chi connectivity index (χ2n) is 9.20. The predicted molar refractivity (Wildman–Crippen MR) is 128 cm³/mol. The third-order valence-corrected chi connectivity index (χ3v) is 6.85. The topological polar surface area (TPSA) is 61.4 Å². The molecule has 1 aromatic heterocycles. The second kappa shape index (κ2) is 10.4. The third-order valence-electron chi connectivity index (χ3n) is 6.85. The summed E-state index contributed by atoms with van der Waals surface area (Å²) < 4.78 is 40.0. The van der Waals surface area contributed by atoms with Gasteiger partial charge in [-0.3, -0.25) is 0 Å². The van der Waals surface area contributed by atoms with E-state index in [1.165, 1.54) is 12.1 Å². The van der Waals surface area contributed by atoms with E-state index >= 15 is 0 Å². The maximum Gasteiger partial charge on any atom is 0.317 e. The number of alkyl halides is 2. The molecule has 1 N–H and O–H groups in total. The van der Waals surface area contributed by atoms with E-state index in [1.54, 1.807) is 17.0 Å². The average molecular weight is 498 g/mol. The van der Waals surface area contributed by atoms with E-state index in [1.807, 2.05) is 20.8 Å². The van der Waals surface area contributed by atoms with Crippen LogP contribution in [-0.2, 0) is 0 Å². The second-order valence-corrected chi connectivity index (χ2v) is 9.20. The Bertz CT molecular complexity index is 1010. The van der Waals surface area contributed by atoms with Gasteiger partial charge in [-0.2, -0.15) is 0 Å². The van der Waals surface area contributed by atoms with Crippen LogP contribution in [0.15, 0.2) is 24.3 Å². The number of benzene rings is 1. The zero-order valence-electron chi connectivity index (χ0n) is 19.7. The molecule has 1 aliphatic carbocycles. The van der Waals surface area contributed by atoms with Crippen LogP contribution >= 0.6 is 12.4 Å². The van der Waals surface area contributed by atoms with Crippen molar-refractivity contribution in [3.05, 3.63) is 41.2 Å². The normalized spacial score (nSPS) is 20.6. The summed E-state index contributed by atoms with van der Waals surface area (Å²) in [5, 5.41) is 11.8. The van der Waals surface area contributed by atoms with Gasteiger partial charge in [-0.15, -0.1) is 22.6 Å². The Balaban J connectivity index is 0.00000324. The molecule has 2 amide bonds. The number of nitrogens with zero attached hydrogens (tertiary/aromatic N) is 4. The Morgan fingerprint density at radius 3 is 2.32 bits per heavy atom. The van der Waals surface area contributed by atoms with Gasteiger partial charge in [-0.1, -0.05) is 0 Å². The molecule has 2 aliphatic rings. The van der Waals surface area contributed by atoms with Crippen molar-refractivity contribution in [2.45, 2.75) is 64.5 Å². The molecular weight excluding hydrogens is 467 g/mol. The van der Waals surface area contributed by atoms with Gasteiger partial charge in [0.05, 0.1) is 5.69 Å². The summed E-state index contributed by atoms with van der Waals surface area (Å²) in [5.74, 6) is -2.12. The molecule has 2 heterocycles. The van der Waals surface area contributed by atoms with Crippen LogP contribution in [0.1, 0.15) is 43.7 Å². The van der Waals surface area contributed by atoms with Crippen LogP contribution in [0.25, 0.3) is 11.3 Å². The molecule has 0 spiro atoms. The van der Waals surface area contributed by atoms with Crippen molar-refractivity contribution in [2.75, 3.05) is 24.5 Å². The highest BCUT2D eigenvalue weighted by Crippen LogP contribution is 2.33. The van der Waals surface area contributed by atoms with Crippen LogP contribution in [0.3, 0.4) is 0 Å². The van der Waals surface area contributed by atoms with Crippen molar-refractivity contribution in [2.24, 2.45) is 0 Å². The Morgan fingerprint density at radius 2 is 1.71 bits per heavy atom. The molecule has 1 aliphatic heterocycles. The van der Waals surface area contributed by atoms with E-state index < -0.39 is 5.92 Å². The lowest BCUT2D eigenvalue weighted by atomic mass is 9.92. The van der Waals surface area contributed by atoms with Gasteiger partial charge in [0.1, 0.15) is 5.82 Å². The molecule has 0 radical (unpaired) electrons. The Morgan fingerprint density at radius 1 is 1.06 bits per heavy atom. The zero-order chi connectivity index (χ0) is 23.8. The molecular formula is C24H31ClF3N5O. The highest BCUT2D eigenvalue weighted by molar-refractivity contribution is 5.85. The van der Waals surface area contributed by atoms with Gasteiger partial charge in [-0.05, 0) is 69.0 Å². The first-order valence-electron chi connectivity index (χ1n) is 11.4. The fourth-order valence-corrected chi connectivity index (χ4v) is 4.65. The lowest BCUT2D eigenvalue weighted by Crippen LogP contribution is -2.57. The fourth-order valence-electron chi connectivity index (χ4n) is 4.65. The first-order chi connectivity index (χ1) is 15.6. The van der Waals surface area contributed by atoms with Crippen molar-refractivity contribution in [1.82, 2.24) is 20.4 Å². The van der Waals surface area contributed by atoms with Gasteiger partial charge in [0.25, 0.3) is 0 Å². The van der Waals surface area contributed by atoms with Gasteiger partial charge < -0.3 is 15.1 Å². The van der Waals surface area contributed by atoms with Gasteiger partial charge in [0.2, 0.25) is 5.92 Å². The number of hydrogen-bond donors (Lipinski definition) is 1. The molecule has 1 saturated carbocycles. The molecule has 1 saturated heterocycles. The number of nitrogens with one attached hydrogen (secondary N) is 1. The SMILES string of the molecule is Cc1c(-c2ccc(F)cc2)nnc(N2CCN(C(=O)NC3CCC(F)(F)CC3)C[C@@H]2C)c1C.Cl. The highest BCUT2D eigenvalue weighted by atomic mass is 35.5. The minimum absolute atomic E-state index is 0. The largest absolute Gasteiger partial charge is 0.349 e. The number of anilines is 1. The minimum atomic E-state index is -2.61. The van der Waals surface area contributed by atoms with Crippen LogP contribution in [0.5, 0.6) is 0 Å². The Hall–Kier alpha value is -2.55. The number of urea groups is 1. The van der Waals surface area contributed by atoms with Gasteiger partial charge in [-0.25, -0.2) is 18.0 Å². The van der Waals surface area contributed by atoms with Crippen molar-refractivity contribution in [3.8, 4) is 11.3 Å². The lowest BCUT2D eigenvalue weighted by molar-refractivity contribution is -0.0398. The van der Waals surface area contributed by atoms with Crippen LogP contribution in [0.2, 0.25) is 0 Å². The maximum atomic E-state index is 13.4. The summed E-state index contributed by atoms with van der Waals surface area (Å²) in [7, 11) is 0. The summed E-state index contributed by atoms with van der Waals surface area (Å²) in [6.07, 6.45) is 0.270. The standard InChI is InChI=1S/C24H30F3N5O.ClH/c1-15-14-31(23(33)28-20-8-10-24(26,27)11-9-20)12-13-32(15)22-17(3)16(2)21(29-30-22)18-4-6-19(25)7-5-18;/h4-7,15,20H,8-14H2,1-3H3,(H,28,33);1H/t15-;/m0./s1. The summed E-state index contributed by atoms with van der Waals surface area (Å²) in [4.78, 5) is 16.6. The summed E-state index contributed by atoms with van der Waals surface area (Å²) in [6, 6.07) is 5.83. The average Bonchev–Trinajstić information content (AvgIpc) is 2.78. The maximum absolute atomic E-state index is 13.4. The van der Waals surface area contributed by atoms with E-state index in [0.717, 1.165) is 28.2 Å². The predicted octanol–water partition coefficient (Wildman–Crippen LogP) is 5.12. The molecule has 1 atom stereocenters. The van der Waals surface area contributed by atoms with Gasteiger partial charge in [0, 0.05) is 50.1 Å². The van der Waals surface area contributed by atoms with Crippen LogP contribution in [0.4, 0.5) is 23.8 Å². The van der Waals surface area contributed by atoms with E-state index in [4.69, 9.17) is 0 Å². The quantitative estimate of drug-likeness (QED) is 0.639. The minimum Gasteiger partial charge on any atom is -0.349 e. The zero-order valence-corrected chi connectivity index (χ0v) is 20.5. The molecule has 0 unspecified atom stereocenters. The fraction of sp³-hybridized carbons (Fsp3) is 0.542. The lowest BCUT2D eigenvalue weighted by Gasteiger charge is -2.41. The smallest absolute Gasteiger partial charge is 0.317 e. The highest BCUT2D eigenvalue weighted by Gasteiger charge is 2.36. The molecule has 10 heteroatoms. The summed E-state index contributed by atoms with van der Waals surface area (Å²) >= 11 is 0. The number of halogens is 4. The molecule has 1 aromatic carbocycles. The van der Waals surface area contributed by atoms with Gasteiger partial charge in [0.15, 0.2) is 5.82 Å². The first-order valence-corrected chi connectivity index (χ1v) is 11.4. The monoisotopic (exact) mass is 497 g/mol. The summed E-state index contributed by atoms with van der Waals surface area (Å²) in [5.41, 5.74) is 3.51. The van der Waals surface area contributed by atoms with Crippen molar-refractivity contribution in [1.29, 1.82) is 0 Å². The van der Waals surface area contributed by atoms with Crippen molar-refractivity contribution in [3.63, 3.8) is 0 Å². The van der Waals surface area contributed by atoms with Crippen LogP contribution < -0.4 is 10.2 Å². The molecule has 6 nitrogen and oxygen atoms in total. The van der Waals surface area contributed by atoms with E-state index in [-0.39, 0.29) is 49.2 Å². The number of rotatable bonds is 3. The first kappa shape index (κ1) is 26.1. The molecule has 2 aromatic rings. The van der Waals surface area contributed by atoms with E-state index in [0.29, 0.717) is 32.5 Å². The molecule has 34 heavy (non-hydrogen) atoms. The molecule has 0 bridgehead atoms. The number of aromatic nitrogens is 2. The van der Waals surface area contributed by atoms with E-state index in [9.17, 15) is 18.0 Å². The third kappa shape index (κ3) is 5.56.